The highest BCUT2D eigenvalue weighted by molar-refractivity contribution is 9.10. The number of halogens is 1. The first-order valence-electron chi connectivity index (χ1n) is 7.49. The second-order valence-electron chi connectivity index (χ2n) is 5.54. The first kappa shape index (κ1) is 15.6. The van der Waals surface area contributed by atoms with Gasteiger partial charge in [-0.3, -0.25) is 9.69 Å². The van der Waals surface area contributed by atoms with Gasteiger partial charge in [0.05, 0.1) is 0 Å². The van der Waals surface area contributed by atoms with E-state index in [0.717, 1.165) is 36.2 Å². The van der Waals surface area contributed by atoms with Gasteiger partial charge in [-0.1, -0.05) is 6.92 Å². The van der Waals surface area contributed by atoms with Gasteiger partial charge in [-0.05, 0) is 61.3 Å². The lowest BCUT2D eigenvalue weighted by Crippen LogP contribution is -2.41. The predicted octanol–water partition coefficient (Wildman–Crippen LogP) is 2.87. The van der Waals surface area contributed by atoms with Crippen LogP contribution in [-0.4, -0.2) is 41.1 Å². The molecule has 5 heteroatoms. The van der Waals surface area contributed by atoms with Crippen LogP contribution in [0.15, 0.2) is 16.7 Å². The van der Waals surface area contributed by atoms with Crippen molar-refractivity contribution in [3.8, 4) is 0 Å². The molecule has 0 radical (unpaired) electrons. The number of hydrogen-bond donors (Lipinski definition) is 1. The lowest BCUT2D eigenvalue weighted by atomic mass is 10.3. The van der Waals surface area contributed by atoms with Gasteiger partial charge in [-0.2, -0.15) is 0 Å². The molecular weight excluding hydrogens is 318 g/mol. The Kier molecular flexibility index (Phi) is 5.66. The molecule has 0 bridgehead atoms. The van der Waals surface area contributed by atoms with E-state index in [1.54, 1.807) is 0 Å². The topological polar surface area (TPSA) is 37.3 Å². The molecule has 1 aromatic heterocycles. The number of carbonyl (C=O) groups excluding carboxylic acids is 1. The smallest absolute Gasteiger partial charge is 0.268 e. The highest BCUT2D eigenvalue weighted by Crippen LogP contribution is 2.16. The first-order valence-corrected chi connectivity index (χ1v) is 8.29. The van der Waals surface area contributed by atoms with E-state index >= 15 is 0 Å². The van der Waals surface area contributed by atoms with E-state index in [0.29, 0.717) is 12.6 Å². The number of carbonyl (C=O) groups is 1. The second kappa shape index (κ2) is 7.27. The van der Waals surface area contributed by atoms with Crippen LogP contribution in [0.25, 0.3) is 0 Å². The van der Waals surface area contributed by atoms with Gasteiger partial charge in [-0.25, -0.2) is 0 Å². The third-order valence-electron chi connectivity index (χ3n) is 3.88. The second-order valence-corrected chi connectivity index (χ2v) is 6.45. The predicted molar refractivity (Wildman–Crippen MR) is 85.0 cm³/mol. The average Bonchev–Trinajstić information content (AvgIpc) is 3.05. The molecule has 1 atom stereocenters. The summed E-state index contributed by atoms with van der Waals surface area (Å²) in [6, 6.07) is 2.31. The molecule has 1 aliphatic rings. The molecule has 2 rings (SSSR count). The zero-order chi connectivity index (χ0) is 14.5. The lowest BCUT2D eigenvalue weighted by Gasteiger charge is -2.23. The van der Waals surface area contributed by atoms with E-state index < -0.39 is 0 Å². The molecule has 1 saturated heterocycles. The summed E-state index contributed by atoms with van der Waals surface area (Å²) in [6.07, 6.45) is 5.56. The van der Waals surface area contributed by atoms with Gasteiger partial charge in [0.1, 0.15) is 5.69 Å². The van der Waals surface area contributed by atoms with E-state index in [9.17, 15) is 4.79 Å². The number of likely N-dealkylation sites (tertiary alicyclic amines) is 1. The van der Waals surface area contributed by atoms with Gasteiger partial charge in [0, 0.05) is 29.8 Å². The van der Waals surface area contributed by atoms with Gasteiger partial charge in [-0.15, -0.1) is 0 Å². The van der Waals surface area contributed by atoms with E-state index in [1.807, 2.05) is 16.8 Å². The number of amides is 1. The molecule has 4 nitrogen and oxygen atoms in total. The maximum atomic E-state index is 12.3. The molecule has 0 saturated carbocycles. The van der Waals surface area contributed by atoms with Crippen LogP contribution in [-0.2, 0) is 6.54 Å². The number of rotatable bonds is 6. The first-order chi connectivity index (χ1) is 9.61. The zero-order valence-corrected chi connectivity index (χ0v) is 13.9. The minimum atomic E-state index is 0.0233. The Morgan fingerprint density at radius 1 is 1.45 bits per heavy atom. The largest absolute Gasteiger partial charge is 0.349 e. The maximum Gasteiger partial charge on any atom is 0.268 e. The Hall–Kier alpha value is -0.810. The molecule has 0 aromatic carbocycles. The molecule has 1 unspecified atom stereocenters. The van der Waals surface area contributed by atoms with Crippen molar-refractivity contribution in [1.29, 1.82) is 0 Å². The van der Waals surface area contributed by atoms with Crippen LogP contribution >= 0.6 is 15.9 Å². The molecular formula is C15H24BrN3O. The third kappa shape index (κ3) is 3.85. The van der Waals surface area contributed by atoms with Crippen molar-refractivity contribution in [1.82, 2.24) is 14.8 Å². The lowest BCUT2D eigenvalue weighted by molar-refractivity contribution is 0.0931. The summed E-state index contributed by atoms with van der Waals surface area (Å²) in [5.41, 5.74) is 0.743. The average molecular weight is 342 g/mol. The van der Waals surface area contributed by atoms with Gasteiger partial charge < -0.3 is 9.88 Å². The summed E-state index contributed by atoms with van der Waals surface area (Å²) in [5, 5.41) is 3.07. The van der Waals surface area contributed by atoms with Crippen LogP contribution in [0.1, 0.15) is 43.6 Å². The van der Waals surface area contributed by atoms with Crippen molar-refractivity contribution in [2.45, 2.75) is 45.7 Å². The van der Waals surface area contributed by atoms with Gasteiger partial charge >= 0.3 is 0 Å². The summed E-state index contributed by atoms with van der Waals surface area (Å²) < 4.78 is 2.98. The summed E-state index contributed by atoms with van der Waals surface area (Å²) in [4.78, 5) is 14.7. The molecule has 2 heterocycles. The highest BCUT2D eigenvalue weighted by atomic mass is 79.9. The van der Waals surface area contributed by atoms with Gasteiger partial charge in [0.2, 0.25) is 0 Å². The fourth-order valence-electron chi connectivity index (χ4n) is 2.73. The molecule has 20 heavy (non-hydrogen) atoms. The number of aryl methyl sites for hydroxylation is 1. The van der Waals surface area contributed by atoms with Gasteiger partial charge in [0.15, 0.2) is 0 Å². The Balaban J connectivity index is 1.90. The summed E-state index contributed by atoms with van der Waals surface area (Å²) in [6.45, 7) is 8.21. The third-order valence-corrected chi connectivity index (χ3v) is 4.32. The van der Waals surface area contributed by atoms with Gasteiger partial charge in [0.25, 0.3) is 5.91 Å². The molecule has 0 spiro atoms. The van der Waals surface area contributed by atoms with Crippen LogP contribution in [0.2, 0.25) is 0 Å². The zero-order valence-electron chi connectivity index (χ0n) is 12.4. The summed E-state index contributed by atoms with van der Waals surface area (Å²) in [7, 11) is 0. The summed E-state index contributed by atoms with van der Waals surface area (Å²) >= 11 is 3.45. The number of aromatic nitrogens is 1. The van der Waals surface area contributed by atoms with Crippen LogP contribution in [0.5, 0.6) is 0 Å². The quantitative estimate of drug-likeness (QED) is 0.863. The molecule has 112 valence electrons. The van der Waals surface area contributed by atoms with Crippen LogP contribution in [0, 0.1) is 0 Å². The fraction of sp³-hybridized carbons (Fsp3) is 0.667. The Labute approximate surface area is 129 Å². The van der Waals surface area contributed by atoms with Crippen molar-refractivity contribution in [2.24, 2.45) is 0 Å². The normalized spacial score (nSPS) is 17.4. The molecule has 0 aliphatic carbocycles. The highest BCUT2D eigenvalue weighted by Gasteiger charge is 2.19. The molecule has 1 fully saturated rings. The van der Waals surface area contributed by atoms with Crippen LogP contribution in [0.4, 0.5) is 0 Å². The molecule has 1 amide bonds. The number of nitrogens with zero attached hydrogens (tertiary/aromatic N) is 2. The Morgan fingerprint density at radius 2 is 2.15 bits per heavy atom. The molecule has 1 aromatic rings. The monoisotopic (exact) mass is 341 g/mol. The van der Waals surface area contributed by atoms with Crippen molar-refractivity contribution in [2.75, 3.05) is 19.6 Å². The fourth-order valence-corrected chi connectivity index (χ4v) is 3.20. The van der Waals surface area contributed by atoms with E-state index in [2.05, 4.69) is 40.0 Å². The molecule has 1 aliphatic heterocycles. The van der Waals surface area contributed by atoms with Crippen molar-refractivity contribution < 1.29 is 4.79 Å². The number of hydrogen-bond acceptors (Lipinski definition) is 2. The summed E-state index contributed by atoms with van der Waals surface area (Å²) in [5.74, 6) is 0.0233. The van der Waals surface area contributed by atoms with E-state index in [-0.39, 0.29) is 5.91 Å². The Bertz CT molecular complexity index is 452. The minimum Gasteiger partial charge on any atom is -0.349 e. The SMILES string of the molecule is CCCn1cc(Br)cc1C(=O)NCC(C)N1CCCC1. The number of nitrogens with one attached hydrogen (secondary N) is 1. The van der Waals surface area contributed by atoms with Crippen molar-refractivity contribution >= 4 is 21.8 Å². The van der Waals surface area contributed by atoms with Crippen molar-refractivity contribution in [3.63, 3.8) is 0 Å². The van der Waals surface area contributed by atoms with Crippen LogP contribution < -0.4 is 5.32 Å². The van der Waals surface area contributed by atoms with Crippen LogP contribution in [0.3, 0.4) is 0 Å². The van der Waals surface area contributed by atoms with Crippen molar-refractivity contribution in [3.05, 3.63) is 22.4 Å². The van der Waals surface area contributed by atoms with E-state index in [1.165, 1.54) is 12.8 Å². The minimum absolute atomic E-state index is 0.0233. The molecule has 1 N–H and O–H groups in total. The maximum absolute atomic E-state index is 12.3. The Morgan fingerprint density at radius 3 is 2.80 bits per heavy atom. The van der Waals surface area contributed by atoms with E-state index in [4.69, 9.17) is 0 Å². The standard InChI is InChI=1S/C15H24BrN3O/c1-3-6-19-11-13(16)9-14(19)15(20)17-10-12(2)18-7-4-5-8-18/h9,11-12H,3-8,10H2,1-2H3,(H,17,20).